The van der Waals surface area contributed by atoms with Gasteiger partial charge in [0, 0.05) is 11.9 Å². The molecule has 1 N–H and O–H groups in total. The fourth-order valence-corrected chi connectivity index (χ4v) is 2.68. The minimum atomic E-state index is -1.05. The van der Waals surface area contributed by atoms with E-state index in [0.29, 0.717) is 11.5 Å². The molecule has 0 radical (unpaired) electrons. The molecular weight excluding hydrogens is 284 g/mol. The van der Waals surface area contributed by atoms with Crippen LogP contribution in [-0.4, -0.2) is 38.5 Å². The van der Waals surface area contributed by atoms with Crippen molar-refractivity contribution in [1.82, 2.24) is 9.38 Å². The van der Waals surface area contributed by atoms with Crippen LogP contribution in [0.4, 0.5) is 11.6 Å². The number of carbonyl (C=O) groups is 1. The Balaban J connectivity index is 2.50. The number of fused-ring (bicyclic) bond motifs is 1. The van der Waals surface area contributed by atoms with E-state index in [4.69, 9.17) is 5.11 Å². The van der Waals surface area contributed by atoms with Crippen LogP contribution in [0.2, 0.25) is 0 Å². The quantitative estimate of drug-likeness (QED) is 0.645. The first-order valence-electron chi connectivity index (χ1n) is 5.96. The summed E-state index contributed by atoms with van der Waals surface area (Å²) in [6.45, 7) is 3.90. The van der Waals surface area contributed by atoms with Gasteiger partial charge < -0.3 is 20.1 Å². The molecule has 0 aliphatic carbocycles. The van der Waals surface area contributed by atoms with Gasteiger partial charge in [-0.25, -0.2) is 0 Å². The lowest BCUT2D eigenvalue weighted by Crippen LogP contribution is -2.33. The molecule has 0 saturated heterocycles. The number of thiazole rings is 1. The van der Waals surface area contributed by atoms with Crippen LogP contribution in [0.5, 0.6) is 0 Å². The first-order valence-corrected chi connectivity index (χ1v) is 6.84. The van der Waals surface area contributed by atoms with Crippen LogP contribution >= 0.6 is 11.3 Å². The molecule has 0 fully saturated rings. The number of hydrogen-bond donors (Lipinski definition) is 1. The Hall–Kier alpha value is -2.16. The Labute approximate surface area is 118 Å². The summed E-state index contributed by atoms with van der Waals surface area (Å²) in [5.74, 6) is -0.967. The number of anilines is 1. The molecule has 108 valence electrons. The number of aliphatic carboxylic acids is 1. The van der Waals surface area contributed by atoms with E-state index in [0.717, 1.165) is 0 Å². The van der Waals surface area contributed by atoms with Gasteiger partial charge in [0.2, 0.25) is 5.82 Å². The van der Waals surface area contributed by atoms with Crippen molar-refractivity contribution in [2.75, 3.05) is 18.0 Å². The molecule has 0 bridgehead atoms. The molecule has 20 heavy (non-hydrogen) atoms. The second kappa shape index (κ2) is 5.45. The minimum Gasteiger partial charge on any atom is -0.480 e. The summed E-state index contributed by atoms with van der Waals surface area (Å²) in [6, 6.07) is 0. The predicted octanol–water partition coefficient (Wildman–Crippen LogP) is 1.85. The monoisotopic (exact) mass is 298 g/mol. The summed E-state index contributed by atoms with van der Waals surface area (Å²) in [7, 11) is 0. The average molecular weight is 298 g/mol. The van der Waals surface area contributed by atoms with Crippen LogP contribution in [0.1, 0.15) is 13.8 Å². The third kappa shape index (κ3) is 2.72. The number of aromatic nitrogens is 2. The Morgan fingerprint density at radius 3 is 2.90 bits per heavy atom. The van der Waals surface area contributed by atoms with Gasteiger partial charge in [-0.1, -0.05) is 25.2 Å². The lowest BCUT2D eigenvalue weighted by Gasteiger charge is -2.21. The molecule has 0 aliphatic rings. The van der Waals surface area contributed by atoms with E-state index in [1.165, 1.54) is 20.6 Å². The summed E-state index contributed by atoms with van der Waals surface area (Å²) < 4.78 is 1.37. The molecule has 8 nitrogen and oxygen atoms in total. The maximum atomic E-state index is 11.2. The Kier molecular flexibility index (Phi) is 3.89. The van der Waals surface area contributed by atoms with Gasteiger partial charge in [0.15, 0.2) is 0 Å². The molecule has 0 amide bonds. The van der Waals surface area contributed by atoms with Gasteiger partial charge in [0.1, 0.15) is 12.7 Å². The van der Waals surface area contributed by atoms with E-state index in [2.05, 4.69) is 4.98 Å². The smallest absolute Gasteiger partial charge is 0.373 e. The highest BCUT2D eigenvalue weighted by molar-refractivity contribution is 7.15. The SMILES string of the molecule is CC(C)CN(CC(=O)O)c1nc2sccn2c1[N+](=O)[O-]. The third-order valence-electron chi connectivity index (χ3n) is 2.60. The van der Waals surface area contributed by atoms with Crippen molar-refractivity contribution in [2.24, 2.45) is 5.92 Å². The number of hydrogen-bond acceptors (Lipinski definition) is 6. The standard InChI is InChI=1S/C11H14N4O4S/c1-7(2)5-13(6-8(16)17)9-10(15(18)19)14-3-4-20-11(14)12-9/h3-4,7H,5-6H2,1-2H3,(H,16,17). The number of nitrogens with zero attached hydrogens (tertiary/aromatic N) is 4. The molecule has 2 aromatic heterocycles. The van der Waals surface area contributed by atoms with Crippen LogP contribution in [-0.2, 0) is 4.79 Å². The van der Waals surface area contributed by atoms with Gasteiger partial charge in [-0.15, -0.1) is 0 Å². The van der Waals surface area contributed by atoms with Gasteiger partial charge in [0.05, 0.1) is 0 Å². The van der Waals surface area contributed by atoms with Crippen molar-refractivity contribution < 1.29 is 14.8 Å². The lowest BCUT2D eigenvalue weighted by molar-refractivity contribution is -0.389. The van der Waals surface area contributed by atoms with Crippen LogP contribution in [0, 0.1) is 16.0 Å². The average Bonchev–Trinajstić information content (AvgIpc) is 2.84. The molecule has 2 aromatic rings. The minimum absolute atomic E-state index is 0.109. The number of imidazole rings is 1. The van der Waals surface area contributed by atoms with E-state index >= 15 is 0 Å². The van der Waals surface area contributed by atoms with Crippen LogP contribution in [0.3, 0.4) is 0 Å². The Morgan fingerprint density at radius 1 is 1.65 bits per heavy atom. The Morgan fingerprint density at radius 2 is 2.35 bits per heavy atom. The van der Waals surface area contributed by atoms with E-state index in [1.807, 2.05) is 13.8 Å². The van der Waals surface area contributed by atoms with Gasteiger partial charge in [-0.05, 0) is 10.8 Å². The Bertz CT molecular complexity index is 648. The van der Waals surface area contributed by atoms with Crippen molar-refractivity contribution in [2.45, 2.75) is 13.8 Å². The first-order chi connectivity index (χ1) is 9.40. The summed E-state index contributed by atoms with van der Waals surface area (Å²) >= 11 is 1.27. The van der Waals surface area contributed by atoms with Gasteiger partial charge in [-0.3, -0.25) is 4.79 Å². The number of carboxylic acid groups (broad SMARTS) is 1. The maximum Gasteiger partial charge on any atom is 0.373 e. The first kappa shape index (κ1) is 14.3. The zero-order valence-electron chi connectivity index (χ0n) is 11.0. The van der Waals surface area contributed by atoms with Crippen molar-refractivity contribution in [3.05, 3.63) is 21.7 Å². The van der Waals surface area contributed by atoms with Crippen LogP contribution in [0.25, 0.3) is 4.96 Å². The molecule has 2 heterocycles. The third-order valence-corrected chi connectivity index (χ3v) is 3.36. The molecule has 0 aromatic carbocycles. The molecule has 0 unspecified atom stereocenters. The fraction of sp³-hybridized carbons (Fsp3) is 0.455. The van der Waals surface area contributed by atoms with Crippen molar-refractivity contribution >= 4 is 33.9 Å². The normalized spacial score (nSPS) is 11.2. The highest BCUT2D eigenvalue weighted by atomic mass is 32.1. The highest BCUT2D eigenvalue weighted by Crippen LogP contribution is 2.31. The van der Waals surface area contributed by atoms with Crippen molar-refractivity contribution in [3.63, 3.8) is 0 Å². The summed E-state index contributed by atoms with van der Waals surface area (Å²) in [6.07, 6.45) is 1.56. The molecule has 0 spiro atoms. The summed E-state index contributed by atoms with van der Waals surface area (Å²) in [4.78, 5) is 27.8. The van der Waals surface area contributed by atoms with Gasteiger partial charge in [0.25, 0.3) is 4.96 Å². The van der Waals surface area contributed by atoms with Crippen LogP contribution in [0.15, 0.2) is 11.6 Å². The highest BCUT2D eigenvalue weighted by Gasteiger charge is 2.29. The topological polar surface area (TPSA) is 101 Å². The molecule has 0 atom stereocenters. The second-order valence-corrected chi connectivity index (χ2v) is 5.61. The van der Waals surface area contributed by atoms with Crippen molar-refractivity contribution in [3.8, 4) is 0 Å². The molecule has 0 aliphatic heterocycles. The fourth-order valence-electron chi connectivity index (χ4n) is 1.97. The maximum absolute atomic E-state index is 11.2. The van der Waals surface area contributed by atoms with E-state index < -0.39 is 10.9 Å². The summed E-state index contributed by atoms with van der Waals surface area (Å²) in [5, 5.41) is 21.9. The summed E-state index contributed by atoms with van der Waals surface area (Å²) in [5.41, 5.74) is 0. The van der Waals surface area contributed by atoms with E-state index in [1.54, 1.807) is 11.6 Å². The van der Waals surface area contributed by atoms with E-state index in [9.17, 15) is 14.9 Å². The van der Waals surface area contributed by atoms with Crippen LogP contribution < -0.4 is 4.90 Å². The zero-order chi connectivity index (χ0) is 14.9. The lowest BCUT2D eigenvalue weighted by atomic mass is 10.2. The molecular formula is C11H14N4O4S. The molecule has 2 rings (SSSR count). The number of nitro groups is 1. The number of carboxylic acids is 1. The second-order valence-electron chi connectivity index (χ2n) is 4.74. The predicted molar refractivity (Wildman–Crippen MR) is 74.4 cm³/mol. The number of rotatable bonds is 6. The van der Waals surface area contributed by atoms with Crippen molar-refractivity contribution in [1.29, 1.82) is 0 Å². The zero-order valence-corrected chi connectivity index (χ0v) is 11.8. The molecule has 9 heteroatoms. The van der Waals surface area contributed by atoms with Gasteiger partial charge >= 0.3 is 11.8 Å². The largest absolute Gasteiger partial charge is 0.480 e. The molecule has 0 saturated carbocycles. The van der Waals surface area contributed by atoms with E-state index in [-0.39, 0.29) is 24.1 Å². The van der Waals surface area contributed by atoms with Gasteiger partial charge in [-0.2, -0.15) is 9.38 Å².